The van der Waals surface area contributed by atoms with E-state index in [0.717, 1.165) is 26.3 Å². The second-order valence-corrected chi connectivity index (χ2v) is 6.44. The molecule has 0 radical (unpaired) electrons. The minimum atomic E-state index is 0.132. The van der Waals surface area contributed by atoms with Gasteiger partial charge in [0.1, 0.15) is 0 Å². The van der Waals surface area contributed by atoms with Crippen LogP contribution >= 0.6 is 0 Å². The molecule has 1 aliphatic carbocycles. The van der Waals surface area contributed by atoms with E-state index >= 15 is 0 Å². The second-order valence-electron chi connectivity index (χ2n) is 6.44. The summed E-state index contributed by atoms with van der Waals surface area (Å²) >= 11 is 0. The number of ether oxygens (including phenoxy) is 1. The van der Waals surface area contributed by atoms with Gasteiger partial charge in [-0.15, -0.1) is 0 Å². The van der Waals surface area contributed by atoms with E-state index in [1.165, 1.54) is 32.1 Å². The van der Waals surface area contributed by atoms with Crippen LogP contribution in [0, 0.1) is 10.8 Å². The van der Waals surface area contributed by atoms with Gasteiger partial charge in [-0.05, 0) is 24.7 Å². The Morgan fingerprint density at radius 3 is 2.53 bits per heavy atom. The van der Waals surface area contributed by atoms with Crippen LogP contribution in [-0.4, -0.2) is 32.3 Å². The van der Waals surface area contributed by atoms with Gasteiger partial charge < -0.3 is 15.8 Å². The summed E-state index contributed by atoms with van der Waals surface area (Å²) in [5.41, 5.74) is 6.81. The van der Waals surface area contributed by atoms with Gasteiger partial charge in [0.25, 0.3) is 0 Å². The van der Waals surface area contributed by atoms with Gasteiger partial charge in [0.2, 0.25) is 0 Å². The van der Waals surface area contributed by atoms with Gasteiger partial charge in [-0.25, -0.2) is 0 Å². The van der Waals surface area contributed by atoms with Gasteiger partial charge >= 0.3 is 0 Å². The van der Waals surface area contributed by atoms with Gasteiger partial charge in [-0.1, -0.05) is 26.7 Å². The summed E-state index contributed by atoms with van der Waals surface area (Å²) in [5.74, 6) is 0. The Hall–Kier alpha value is -0.120. The average Bonchev–Trinajstić information content (AvgIpc) is 2.89. The highest BCUT2D eigenvalue weighted by molar-refractivity contribution is 4.93. The van der Waals surface area contributed by atoms with Gasteiger partial charge in [0.05, 0.1) is 13.2 Å². The molecule has 100 valence electrons. The first-order chi connectivity index (χ1) is 8.10. The van der Waals surface area contributed by atoms with Crippen molar-refractivity contribution in [3.8, 4) is 0 Å². The molecule has 2 fully saturated rings. The molecule has 0 aromatic heterocycles. The molecule has 2 unspecified atom stereocenters. The van der Waals surface area contributed by atoms with E-state index in [2.05, 4.69) is 19.2 Å². The molecule has 0 aromatic carbocycles. The van der Waals surface area contributed by atoms with Crippen LogP contribution in [0.1, 0.15) is 46.0 Å². The van der Waals surface area contributed by atoms with E-state index in [-0.39, 0.29) is 11.5 Å². The van der Waals surface area contributed by atoms with Crippen LogP contribution in [0.5, 0.6) is 0 Å². The lowest BCUT2D eigenvalue weighted by atomic mass is 9.82. The van der Waals surface area contributed by atoms with E-state index < -0.39 is 0 Å². The number of hydrogen-bond acceptors (Lipinski definition) is 3. The molecule has 3 nitrogen and oxygen atoms in total. The zero-order chi connectivity index (χ0) is 12.4. The average molecular weight is 240 g/mol. The summed E-state index contributed by atoms with van der Waals surface area (Å²) < 4.78 is 5.48. The van der Waals surface area contributed by atoms with Crippen molar-refractivity contribution in [1.82, 2.24) is 5.32 Å². The third-order valence-corrected chi connectivity index (χ3v) is 5.07. The summed E-state index contributed by atoms with van der Waals surface area (Å²) in [5, 5.41) is 3.67. The second kappa shape index (κ2) is 5.25. The highest BCUT2D eigenvalue weighted by atomic mass is 16.5. The summed E-state index contributed by atoms with van der Waals surface area (Å²) in [7, 11) is 0. The molecule has 2 aliphatic rings. The first-order valence-corrected chi connectivity index (χ1v) is 7.14. The molecule has 3 N–H and O–H groups in total. The van der Waals surface area contributed by atoms with Crippen molar-refractivity contribution in [3.05, 3.63) is 0 Å². The lowest BCUT2D eigenvalue weighted by Crippen LogP contribution is -2.47. The zero-order valence-electron chi connectivity index (χ0n) is 11.4. The normalized spacial score (nSPS) is 36.5. The molecule has 1 saturated carbocycles. The molecule has 1 heterocycles. The van der Waals surface area contributed by atoms with Gasteiger partial charge in [-0.2, -0.15) is 0 Å². The monoisotopic (exact) mass is 240 g/mol. The SMILES string of the molecule is CCC1(CNCC2(C)COCC2N)CCCC1. The van der Waals surface area contributed by atoms with Crippen LogP contribution in [0.2, 0.25) is 0 Å². The molecule has 0 bridgehead atoms. The van der Waals surface area contributed by atoms with Gasteiger partial charge in [0.15, 0.2) is 0 Å². The molecule has 0 spiro atoms. The maximum Gasteiger partial charge on any atom is 0.0624 e. The van der Waals surface area contributed by atoms with Crippen molar-refractivity contribution >= 4 is 0 Å². The maximum atomic E-state index is 6.11. The van der Waals surface area contributed by atoms with E-state index in [4.69, 9.17) is 10.5 Å². The molecule has 1 aliphatic heterocycles. The van der Waals surface area contributed by atoms with Crippen LogP contribution in [0.4, 0.5) is 0 Å². The summed E-state index contributed by atoms with van der Waals surface area (Å²) in [6.45, 7) is 8.25. The maximum absolute atomic E-state index is 6.11. The quantitative estimate of drug-likeness (QED) is 0.771. The Kier molecular flexibility index (Phi) is 4.11. The molecule has 0 amide bonds. The first-order valence-electron chi connectivity index (χ1n) is 7.14. The molecule has 1 saturated heterocycles. The first kappa shape index (κ1) is 13.3. The van der Waals surface area contributed by atoms with E-state index in [1.54, 1.807) is 0 Å². The molecule has 17 heavy (non-hydrogen) atoms. The molecule has 2 rings (SSSR count). The fourth-order valence-electron chi connectivity index (χ4n) is 3.30. The molecule has 3 heteroatoms. The number of rotatable bonds is 5. The topological polar surface area (TPSA) is 47.3 Å². The highest BCUT2D eigenvalue weighted by Crippen LogP contribution is 2.40. The smallest absolute Gasteiger partial charge is 0.0624 e. The Labute approximate surface area is 105 Å². The minimum Gasteiger partial charge on any atom is -0.379 e. The Morgan fingerprint density at radius 1 is 1.29 bits per heavy atom. The van der Waals surface area contributed by atoms with Crippen LogP contribution in [0.3, 0.4) is 0 Å². The predicted molar refractivity (Wildman–Crippen MR) is 71.0 cm³/mol. The number of nitrogens with two attached hydrogens (primary N) is 1. The highest BCUT2D eigenvalue weighted by Gasteiger charge is 2.38. The number of hydrogen-bond donors (Lipinski definition) is 2. The van der Waals surface area contributed by atoms with Crippen molar-refractivity contribution in [2.45, 2.75) is 52.0 Å². The van der Waals surface area contributed by atoms with E-state index in [0.29, 0.717) is 5.41 Å². The molecule has 2 atom stereocenters. The largest absolute Gasteiger partial charge is 0.379 e. The number of nitrogens with one attached hydrogen (secondary N) is 1. The van der Waals surface area contributed by atoms with Gasteiger partial charge in [-0.3, -0.25) is 0 Å². The third-order valence-electron chi connectivity index (χ3n) is 5.07. The Morgan fingerprint density at radius 2 is 2.00 bits per heavy atom. The fourth-order valence-corrected chi connectivity index (χ4v) is 3.30. The summed E-state index contributed by atoms with van der Waals surface area (Å²) in [6, 6.07) is 0.191. The van der Waals surface area contributed by atoms with E-state index in [9.17, 15) is 0 Å². The van der Waals surface area contributed by atoms with Crippen LogP contribution in [0.25, 0.3) is 0 Å². The lowest BCUT2D eigenvalue weighted by Gasteiger charge is -2.32. The van der Waals surface area contributed by atoms with Crippen molar-refractivity contribution < 1.29 is 4.74 Å². The molecular weight excluding hydrogens is 212 g/mol. The summed E-state index contributed by atoms with van der Waals surface area (Å²) in [4.78, 5) is 0. The van der Waals surface area contributed by atoms with Crippen LogP contribution < -0.4 is 11.1 Å². The van der Waals surface area contributed by atoms with Crippen molar-refractivity contribution in [2.75, 3.05) is 26.3 Å². The van der Waals surface area contributed by atoms with Gasteiger partial charge in [0, 0.05) is 24.5 Å². The zero-order valence-corrected chi connectivity index (χ0v) is 11.4. The van der Waals surface area contributed by atoms with E-state index in [1.807, 2.05) is 0 Å². The standard InChI is InChI=1S/C14H28N2O/c1-3-14(6-4-5-7-14)10-16-9-13(2)11-17-8-12(13)15/h12,16H,3-11,15H2,1-2H3. The van der Waals surface area contributed by atoms with Crippen molar-refractivity contribution in [2.24, 2.45) is 16.6 Å². The van der Waals surface area contributed by atoms with Crippen molar-refractivity contribution in [3.63, 3.8) is 0 Å². The van der Waals surface area contributed by atoms with Crippen LogP contribution in [-0.2, 0) is 4.74 Å². The fraction of sp³-hybridized carbons (Fsp3) is 1.00. The Balaban J connectivity index is 1.78. The molecule has 0 aromatic rings. The predicted octanol–water partition coefficient (Wildman–Crippen LogP) is 1.91. The Bertz CT molecular complexity index is 246. The van der Waals surface area contributed by atoms with Crippen LogP contribution in [0.15, 0.2) is 0 Å². The molecular formula is C14H28N2O. The lowest BCUT2D eigenvalue weighted by molar-refractivity contribution is 0.153. The summed E-state index contributed by atoms with van der Waals surface area (Å²) in [6.07, 6.45) is 6.93. The van der Waals surface area contributed by atoms with Crippen molar-refractivity contribution in [1.29, 1.82) is 0 Å². The third kappa shape index (κ3) is 2.83. The minimum absolute atomic E-state index is 0.132.